The van der Waals surface area contributed by atoms with E-state index in [1.165, 1.54) is 51.6 Å². The third-order valence-electron chi connectivity index (χ3n) is 4.87. The van der Waals surface area contributed by atoms with Gasteiger partial charge in [-0.3, -0.25) is 0 Å². The maximum Gasteiger partial charge on any atom is 0.00818 e. The summed E-state index contributed by atoms with van der Waals surface area (Å²) < 4.78 is 0. The van der Waals surface area contributed by atoms with E-state index in [1.807, 2.05) is 0 Å². The number of nitrogens with one attached hydrogen (secondary N) is 1. The van der Waals surface area contributed by atoms with Gasteiger partial charge in [-0.25, -0.2) is 0 Å². The number of rotatable bonds is 4. The van der Waals surface area contributed by atoms with Gasteiger partial charge in [0.25, 0.3) is 0 Å². The van der Waals surface area contributed by atoms with Gasteiger partial charge in [0.05, 0.1) is 0 Å². The van der Waals surface area contributed by atoms with E-state index >= 15 is 0 Å². The lowest BCUT2D eigenvalue weighted by molar-refractivity contribution is 0.168. The van der Waals surface area contributed by atoms with E-state index in [-0.39, 0.29) is 0 Å². The highest BCUT2D eigenvalue weighted by Gasteiger charge is 2.26. The first kappa shape index (κ1) is 14.7. The molecule has 0 aromatic heterocycles. The predicted molar refractivity (Wildman–Crippen MR) is 82.4 cm³/mol. The van der Waals surface area contributed by atoms with Crippen LogP contribution in [-0.2, 0) is 0 Å². The van der Waals surface area contributed by atoms with Gasteiger partial charge in [0, 0.05) is 23.9 Å². The predicted octanol–water partition coefficient (Wildman–Crippen LogP) is 2.98. The van der Waals surface area contributed by atoms with Crippen LogP contribution >= 0.6 is 11.8 Å². The van der Waals surface area contributed by atoms with E-state index in [9.17, 15) is 0 Å². The highest BCUT2D eigenvalue weighted by atomic mass is 32.2. The van der Waals surface area contributed by atoms with Crippen LogP contribution in [0.1, 0.15) is 45.4 Å². The Labute approximate surface area is 117 Å². The third-order valence-corrected chi connectivity index (χ3v) is 6.01. The molecule has 0 amide bonds. The van der Waals surface area contributed by atoms with Crippen LogP contribution in [0.5, 0.6) is 0 Å². The van der Waals surface area contributed by atoms with E-state index in [4.69, 9.17) is 0 Å². The van der Waals surface area contributed by atoms with Crippen LogP contribution in [0.25, 0.3) is 0 Å². The van der Waals surface area contributed by atoms with E-state index in [2.05, 4.69) is 42.2 Å². The van der Waals surface area contributed by atoms with Crippen molar-refractivity contribution < 1.29 is 0 Å². The van der Waals surface area contributed by atoms with Crippen LogP contribution in [0.15, 0.2) is 0 Å². The third kappa shape index (κ3) is 4.14. The summed E-state index contributed by atoms with van der Waals surface area (Å²) in [6.07, 6.45) is 10.7. The molecule has 0 spiro atoms. The second-order valence-corrected chi connectivity index (χ2v) is 7.47. The van der Waals surface area contributed by atoms with Crippen molar-refractivity contribution in [2.45, 2.75) is 62.8 Å². The van der Waals surface area contributed by atoms with Crippen molar-refractivity contribution in [2.75, 3.05) is 26.4 Å². The number of hydrogen-bond acceptors (Lipinski definition) is 3. The maximum absolute atomic E-state index is 3.92. The minimum absolute atomic E-state index is 0.698. The molecule has 2 unspecified atom stereocenters. The monoisotopic (exact) mass is 270 g/mol. The van der Waals surface area contributed by atoms with Gasteiger partial charge < -0.3 is 10.2 Å². The molecule has 2 aliphatic rings. The lowest BCUT2D eigenvalue weighted by Crippen LogP contribution is -2.47. The average molecular weight is 270 g/mol. The lowest BCUT2D eigenvalue weighted by atomic mass is 9.89. The fourth-order valence-electron chi connectivity index (χ4n) is 3.59. The maximum atomic E-state index is 3.92. The summed E-state index contributed by atoms with van der Waals surface area (Å²) in [6, 6.07) is 1.49. The molecule has 1 saturated carbocycles. The minimum Gasteiger partial charge on any atom is -0.311 e. The molecule has 1 N–H and O–H groups in total. The van der Waals surface area contributed by atoms with Crippen LogP contribution in [0.4, 0.5) is 0 Å². The first-order valence-electron chi connectivity index (χ1n) is 7.66. The van der Waals surface area contributed by atoms with E-state index in [0.717, 1.165) is 17.2 Å². The largest absolute Gasteiger partial charge is 0.311 e. The summed E-state index contributed by atoms with van der Waals surface area (Å²) in [6.45, 7) is 4.99. The zero-order chi connectivity index (χ0) is 13.0. The molecule has 1 aliphatic carbocycles. The zero-order valence-electron chi connectivity index (χ0n) is 12.3. The fourth-order valence-corrected chi connectivity index (χ4v) is 4.33. The molecule has 0 aromatic rings. The minimum atomic E-state index is 0.698. The Morgan fingerprint density at radius 2 is 1.89 bits per heavy atom. The molecule has 0 radical (unpaired) electrons. The molecule has 3 heteroatoms. The zero-order valence-corrected chi connectivity index (χ0v) is 13.1. The molecular weight excluding hydrogens is 240 g/mol. The van der Waals surface area contributed by atoms with E-state index < -0.39 is 0 Å². The van der Waals surface area contributed by atoms with Crippen molar-refractivity contribution in [3.63, 3.8) is 0 Å². The molecule has 2 fully saturated rings. The van der Waals surface area contributed by atoms with Gasteiger partial charge >= 0.3 is 0 Å². The van der Waals surface area contributed by atoms with E-state index in [1.54, 1.807) is 0 Å². The Morgan fingerprint density at radius 3 is 2.50 bits per heavy atom. The van der Waals surface area contributed by atoms with Gasteiger partial charge in [0.1, 0.15) is 0 Å². The Morgan fingerprint density at radius 1 is 1.17 bits per heavy atom. The van der Waals surface area contributed by atoms with Gasteiger partial charge in [-0.05, 0) is 71.2 Å². The first-order chi connectivity index (χ1) is 8.69. The van der Waals surface area contributed by atoms with Crippen LogP contribution in [0.2, 0.25) is 0 Å². The molecule has 0 aromatic carbocycles. The quantitative estimate of drug-likeness (QED) is 0.845. The summed E-state index contributed by atoms with van der Waals surface area (Å²) in [5, 5.41) is 4.85. The number of nitrogens with zero attached hydrogens (tertiary/aromatic N) is 1. The van der Waals surface area contributed by atoms with Crippen molar-refractivity contribution in [3.8, 4) is 0 Å². The fraction of sp³-hybridized carbons (Fsp3) is 1.00. The second-order valence-electron chi connectivity index (χ2n) is 6.33. The van der Waals surface area contributed by atoms with Crippen LogP contribution in [0, 0.1) is 5.92 Å². The van der Waals surface area contributed by atoms with Crippen molar-refractivity contribution in [1.82, 2.24) is 10.2 Å². The topological polar surface area (TPSA) is 15.3 Å². The summed E-state index contributed by atoms with van der Waals surface area (Å²) in [5.41, 5.74) is 0. The van der Waals surface area contributed by atoms with Crippen LogP contribution in [0.3, 0.4) is 0 Å². The smallest absolute Gasteiger partial charge is 0.00818 e. The molecule has 1 saturated heterocycles. The Bertz CT molecular complexity index is 239. The van der Waals surface area contributed by atoms with Crippen molar-refractivity contribution in [2.24, 2.45) is 5.92 Å². The van der Waals surface area contributed by atoms with Crippen molar-refractivity contribution in [1.29, 1.82) is 0 Å². The molecular formula is C15H30N2S. The summed E-state index contributed by atoms with van der Waals surface area (Å²) in [7, 11) is 2.27. The van der Waals surface area contributed by atoms with Gasteiger partial charge in [0.2, 0.25) is 0 Å². The van der Waals surface area contributed by atoms with Gasteiger partial charge in [0.15, 0.2) is 0 Å². The Hall–Kier alpha value is 0.270. The van der Waals surface area contributed by atoms with Gasteiger partial charge in [-0.2, -0.15) is 11.8 Å². The Balaban J connectivity index is 1.72. The highest BCUT2D eigenvalue weighted by Crippen LogP contribution is 2.28. The lowest BCUT2D eigenvalue weighted by Gasteiger charge is -2.37. The standard InChI is InChI=1S/C15H30N2S/c1-12(13-5-4-10-17(2)11-13)16-14-6-8-15(18-3)9-7-14/h12-16H,4-11H2,1-3H3. The summed E-state index contributed by atoms with van der Waals surface area (Å²) in [5.74, 6) is 0.863. The average Bonchev–Trinajstić information content (AvgIpc) is 2.39. The SMILES string of the molecule is CSC1CCC(NC(C)C2CCCN(C)C2)CC1. The molecule has 2 rings (SSSR count). The van der Waals surface area contributed by atoms with Gasteiger partial charge in [-0.1, -0.05) is 0 Å². The normalized spacial score (nSPS) is 36.5. The van der Waals surface area contributed by atoms with Gasteiger partial charge in [-0.15, -0.1) is 0 Å². The molecule has 18 heavy (non-hydrogen) atoms. The highest BCUT2D eigenvalue weighted by molar-refractivity contribution is 7.99. The molecule has 106 valence electrons. The summed E-state index contributed by atoms with van der Waals surface area (Å²) >= 11 is 2.06. The number of thioether (sulfide) groups is 1. The van der Waals surface area contributed by atoms with Crippen molar-refractivity contribution >= 4 is 11.8 Å². The second kappa shape index (κ2) is 7.16. The number of likely N-dealkylation sites (tertiary alicyclic amines) is 1. The van der Waals surface area contributed by atoms with Crippen LogP contribution in [-0.4, -0.2) is 48.6 Å². The van der Waals surface area contributed by atoms with E-state index in [0.29, 0.717) is 6.04 Å². The Kier molecular flexibility index (Phi) is 5.84. The molecule has 0 bridgehead atoms. The molecule has 1 aliphatic heterocycles. The number of piperidine rings is 1. The summed E-state index contributed by atoms with van der Waals surface area (Å²) in [4.78, 5) is 2.50. The molecule has 2 nitrogen and oxygen atoms in total. The van der Waals surface area contributed by atoms with Crippen molar-refractivity contribution in [3.05, 3.63) is 0 Å². The molecule has 1 heterocycles. The first-order valence-corrected chi connectivity index (χ1v) is 8.95. The number of hydrogen-bond donors (Lipinski definition) is 1. The van der Waals surface area contributed by atoms with Crippen LogP contribution < -0.4 is 5.32 Å². The molecule has 2 atom stereocenters.